The summed E-state index contributed by atoms with van der Waals surface area (Å²) in [6, 6.07) is 13.0. The van der Waals surface area contributed by atoms with Gasteiger partial charge in [-0.1, -0.05) is 16.8 Å². The van der Waals surface area contributed by atoms with Crippen LogP contribution in [0.4, 0.5) is 0 Å². The molecule has 3 aromatic rings. The van der Waals surface area contributed by atoms with Gasteiger partial charge in [-0.2, -0.15) is 4.98 Å². The van der Waals surface area contributed by atoms with Crippen LogP contribution in [-0.4, -0.2) is 50.2 Å². The molecule has 10 heteroatoms. The van der Waals surface area contributed by atoms with E-state index in [1.807, 2.05) is 36.2 Å². The van der Waals surface area contributed by atoms with E-state index in [0.29, 0.717) is 29.7 Å². The van der Waals surface area contributed by atoms with E-state index in [4.69, 9.17) is 20.9 Å². The molecule has 1 aliphatic heterocycles. The lowest BCUT2D eigenvalue weighted by Gasteiger charge is -2.14. The van der Waals surface area contributed by atoms with Crippen LogP contribution in [-0.2, 0) is 10.0 Å². The van der Waals surface area contributed by atoms with Crippen molar-refractivity contribution in [1.82, 2.24) is 19.8 Å². The molecular formula is C20H21ClN4O4S. The second-order valence-electron chi connectivity index (χ2n) is 7.15. The van der Waals surface area contributed by atoms with Crippen molar-refractivity contribution in [2.45, 2.75) is 23.4 Å². The number of rotatable bonds is 6. The molecule has 0 radical (unpaired) electrons. The van der Waals surface area contributed by atoms with Gasteiger partial charge in [0.15, 0.2) is 0 Å². The molecule has 0 unspecified atom stereocenters. The maximum Gasteiger partial charge on any atom is 0.244 e. The Labute approximate surface area is 179 Å². The molecule has 1 aliphatic rings. The summed E-state index contributed by atoms with van der Waals surface area (Å²) in [5, 5.41) is 4.56. The number of sulfonamides is 1. The lowest BCUT2D eigenvalue weighted by molar-refractivity contribution is 0.244. The number of halogens is 1. The molecule has 30 heavy (non-hydrogen) atoms. The minimum atomic E-state index is -3.65. The molecule has 2 atom stereocenters. The van der Waals surface area contributed by atoms with Crippen LogP contribution in [0.15, 0.2) is 57.9 Å². The molecule has 1 fully saturated rings. The van der Waals surface area contributed by atoms with Crippen molar-refractivity contribution in [3.05, 3.63) is 59.4 Å². The van der Waals surface area contributed by atoms with Crippen LogP contribution in [0, 0.1) is 0 Å². The first-order chi connectivity index (χ1) is 14.4. The average Bonchev–Trinajstić information content (AvgIpc) is 3.34. The topological polar surface area (TPSA) is 97.6 Å². The summed E-state index contributed by atoms with van der Waals surface area (Å²) in [6.07, 6.45) is 0.521. The number of benzene rings is 2. The van der Waals surface area contributed by atoms with Crippen LogP contribution in [0.3, 0.4) is 0 Å². The van der Waals surface area contributed by atoms with Crippen LogP contribution in [0.1, 0.15) is 18.4 Å². The van der Waals surface area contributed by atoms with Gasteiger partial charge in [0.25, 0.3) is 0 Å². The summed E-state index contributed by atoms with van der Waals surface area (Å²) in [7, 11) is -0.140. The second-order valence-corrected chi connectivity index (χ2v) is 9.30. The van der Waals surface area contributed by atoms with Crippen LogP contribution in [0.5, 0.6) is 5.75 Å². The van der Waals surface area contributed by atoms with Gasteiger partial charge in [0, 0.05) is 23.2 Å². The second kappa shape index (κ2) is 8.35. The Morgan fingerprint density at radius 1 is 1.17 bits per heavy atom. The van der Waals surface area contributed by atoms with Crippen molar-refractivity contribution >= 4 is 21.6 Å². The monoisotopic (exact) mass is 448 g/mol. The molecule has 8 nitrogen and oxygen atoms in total. The Bertz CT molecular complexity index is 1120. The van der Waals surface area contributed by atoms with Crippen molar-refractivity contribution in [3.8, 4) is 17.1 Å². The molecule has 1 saturated heterocycles. The summed E-state index contributed by atoms with van der Waals surface area (Å²) >= 11 is 5.85. The van der Waals surface area contributed by atoms with Crippen LogP contribution < -0.4 is 9.46 Å². The highest BCUT2D eigenvalue weighted by Gasteiger charge is 2.36. The van der Waals surface area contributed by atoms with E-state index in [2.05, 4.69) is 14.9 Å². The smallest absolute Gasteiger partial charge is 0.244 e. The van der Waals surface area contributed by atoms with Gasteiger partial charge in [-0.15, -0.1) is 0 Å². The lowest BCUT2D eigenvalue weighted by Crippen LogP contribution is -2.36. The minimum Gasteiger partial charge on any atom is -0.497 e. The molecule has 0 bridgehead atoms. The Kier molecular flexibility index (Phi) is 5.79. The molecule has 0 spiro atoms. The van der Waals surface area contributed by atoms with Gasteiger partial charge in [-0.05, 0) is 62.0 Å². The first-order valence-corrected chi connectivity index (χ1v) is 11.2. The predicted molar refractivity (Wildman–Crippen MR) is 112 cm³/mol. The van der Waals surface area contributed by atoms with E-state index in [9.17, 15) is 8.42 Å². The molecule has 1 N–H and O–H groups in total. The summed E-state index contributed by atoms with van der Waals surface area (Å²) in [5.41, 5.74) is 0.812. The lowest BCUT2D eigenvalue weighted by atomic mass is 10.2. The van der Waals surface area contributed by atoms with E-state index in [0.717, 1.165) is 11.3 Å². The number of ether oxygens (including phenoxy) is 1. The van der Waals surface area contributed by atoms with E-state index >= 15 is 0 Å². The first kappa shape index (κ1) is 20.8. The Hall–Kier alpha value is -2.46. The van der Waals surface area contributed by atoms with Crippen molar-refractivity contribution in [2.75, 3.05) is 20.7 Å². The van der Waals surface area contributed by atoms with Crippen molar-refractivity contribution < 1.29 is 17.7 Å². The van der Waals surface area contributed by atoms with E-state index in [-0.39, 0.29) is 17.0 Å². The third-order valence-electron chi connectivity index (χ3n) is 5.07. The van der Waals surface area contributed by atoms with Gasteiger partial charge in [-0.25, -0.2) is 13.1 Å². The number of nitrogens with one attached hydrogen (secondary N) is 1. The largest absolute Gasteiger partial charge is 0.497 e. The zero-order chi connectivity index (χ0) is 21.3. The van der Waals surface area contributed by atoms with E-state index in [1.54, 1.807) is 19.2 Å². The van der Waals surface area contributed by atoms with Gasteiger partial charge < -0.3 is 9.26 Å². The fourth-order valence-electron chi connectivity index (χ4n) is 3.50. The molecule has 158 valence electrons. The van der Waals surface area contributed by atoms with Crippen molar-refractivity contribution in [3.63, 3.8) is 0 Å². The molecule has 2 heterocycles. The number of likely N-dealkylation sites (N-methyl/N-ethyl adjacent to an activating group) is 1. The summed E-state index contributed by atoms with van der Waals surface area (Å²) in [5.74, 6) is 1.68. The first-order valence-electron chi connectivity index (χ1n) is 9.32. The molecule has 1 aromatic heterocycles. The number of aromatic nitrogens is 2. The number of hydrogen-bond donors (Lipinski definition) is 1. The molecule has 2 aromatic carbocycles. The fourth-order valence-corrected chi connectivity index (χ4v) is 4.87. The zero-order valence-corrected chi connectivity index (χ0v) is 18.0. The summed E-state index contributed by atoms with van der Waals surface area (Å²) in [6.45, 7) is 0.526. The summed E-state index contributed by atoms with van der Waals surface area (Å²) < 4.78 is 38.7. The fraction of sp³-hybridized carbons (Fsp3) is 0.300. The van der Waals surface area contributed by atoms with E-state index in [1.165, 1.54) is 12.1 Å². The van der Waals surface area contributed by atoms with Gasteiger partial charge in [0.05, 0.1) is 18.0 Å². The normalized spacial score (nSPS) is 19.8. The molecule has 0 saturated carbocycles. The van der Waals surface area contributed by atoms with Gasteiger partial charge in [-0.3, -0.25) is 4.90 Å². The van der Waals surface area contributed by atoms with Crippen molar-refractivity contribution in [2.24, 2.45) is 0 Å². The van der Waals surface area contributed by atoms with Gasteiger partial charge in [0.1, 0.15) is 5.75 Å². The third-order valence-corrected chi connectivity index (χ3v) is 6.86. The van der Waals surface area contributed by atoms with Crippen molar-refractivity contribution in [1.29, 1.82) is 0 Å². The predicted octanol–water partition coefficient (Wildman–Crippen LogP) is 3.12. The van der Waals surface area contributed by atoms with Crippen LogP contribution in [0.2, 0.25) is 5.02 Å². The Morgan fingerprint density at radius 2 is 1.87 bits per heavy atom. The number of hydrogen-bond acceptors (Lipinski definition) is 7. The maximum absolute atomic E-state index is 12.7. The maximum atomic E-state index is 12.7. The summed E-state index contributed by atoms with van der Waals surface area (Å²) in [4.78, 5) is 6.69. The minimum absolute atomic E-state index is 0.178. The SMILES string of the molecule is COc1ccc(-c2noc([C@@H]3C[C@H](NS(=O)(=O)c4ccc(Cl)cc4)CN3C)n2)cc1. The van der Waals surface area contributed by atoms with Gasteiger partial charge in [0.2, 0.25) is 21.7 Å². The van der Waals surface area contributed by atoms with E-state index < -0.39 is 10.0 Å². The molecule has 0 amide bonds. The Morgan fingerprint density at radius 3 is 2.53 bits per heavy atom. The third kappa shape index (κ3) is 4.34. The average molecular weight is 449 g/mol. The highest BCUT2D eigenvalue weighted by molar-refractivity contribution is 7.89. The quantitative estimate of drug-likeness (QED) is 0.618. The van der Waals surface area contributed by atoms with Gasteiger partial charge >= 0.3 is 0 Å². The zero-order valence-electron chi connectivity index (χ0n) is 16.4. The highest BCUT2D eigenvalue weighted by Crippen LogP contribution is 2.32. The molecule has 0 aliphatic carbocycles. The van der Waals surface area contributed by atoms with Crippen LogP contribution in [0.25, 0.3) is 11.4 Å². The number of methoxy groups -OCH3 is 1. The standard InChI is InChI=1S/C20H21ClN4O4S/c1-25-12-15(24-30(26,27)17-9-5-14(21)6-10-17)11-18(25)20-22-19(23-29-20)13-3-7-16(28-2)8-4-13/h3-10,15,18,24H,11-12H2,1-2H3/t15-,18-/m0/s1. The van der Waals surface area contributed by atoms with Crippen LogP contribution >= 0.6 is 11.6 Å². The molecule has 4 rings (SSSR count). The molecular weight excluding hydrogens is 428 g/mol. The number of likely N-dealkylation sites (tertiary alicyclic amines) is 1. The highest BCUT2D eigenvalue weighted by atomic mass is 35.5. The number of nitrogens with zero attached hydrogens (tertiary/aromatic N) is 3. The Balaban J connectivity index is 1.46.